The molecule has 0 unspecified atom stereocenters. The van der Waals surface area contributed by atoms with Crippen LogP contribution in [0.15, 0.2) is 29.4 Å². The van der Waals surface area contributed by atoms with Crippen molar-refractivity contribution in [2.75, 3.05) is 18.5 Å². The summed E-state index contributed by atoms with van der Waals surface area (Å²) in [6.07, 6.45) is 4.47. The van der Waals surface area contributed by atoms with Crippen LogP contribution in [0.2, 0.25) is 0 Å². The molecule has 0 heterocycles. The van der Waals surface area contributed by atoms with E-state index in [1.165, 1.54) is 12.8 Å². The Balaban J connectivity index is 1.76. The molecule has 5 nitrogen and oxygen atoms in total. The van der Waals surface area contributed by atoms with Crippen molar-refractivity contribution in [1.29, 1.82) is 0 Å². The van der Waals surface area contributed by atoms with E-state index >= 15 is 0 Å². The lowest BCUT2D eigenvalue weighted by atomic mass is 10.0. The highest BCUT2D eigenvalue weighted by Gasteiger charge is 2.20. The first-order valence-electron chi connectivity index (χ1n) is 8.05. The minimum Gasteiger partial charge on any atom is -0.494 e. The Kier molecular flexibility index (Phi) is 6.25. The molecule has 0 spiro atoms. The van der Waals surface area contributed by atoms with Crippen LogP contribution in [0.5, 0.6) is 5.75 Å². The number of hydrogen-bond acceptors (Lipinski definition) is 4. The summed E-state index contributed by atoms with van der Waals surface area (Å²) in [7, 11) is 0. The summed E-state index contributed by atoms with van der Waals surface area (Å²) in [6, 6.07) is 7.56. The Labute approximate surface area is 132 Å². The van der Waals surface area contributed by atoms with E-state index in [0.29, 0.717) is 12.5 Å². The van der Waals surface area contributed by atoms with Gasteiger partial charge in [-0.3, -0.25) is 4.79 Å². The van der Waals surface area contributed by atoms with Gasteiger partial charge in [-0.15, -0.1) is 0 Å². The van der Waals surface area contributed by atoms with Crippen LogP contribution in [0.25, 0.3) is 0 Å². The van der Waals surface area contributed by atoms with Gasteiger partial charge in [-0.25, -0.2) is 5.43 Å². The third-order valence-corrected chi connectivity index (χ3v) is 3.89. The molecule has 1 aromatic carbocycles. The minimum atomic E-state index is -0.122. The number of carbonyl (C=O) groups is 1. The van der Waals surface area contributed by atoms with Crippen LogP contribution in [0.1, 0.15) is 39.5 Å². The van der Waals surface area contributed by atoms with Crippen LogP contribution < -0.4 is 15.5 Å². The van der Waals surface area contributed by atoms with Crippen molar-refractivity contribution in [2.24, 2.45) is 11.0 Å². The molecule has 2 N–H and O–H groups in total. The van der Waals surface area contributed by atoms with E-state index < -0.39 is 0 Å². The first-order valence-corrected chi connectivity index (χ1v) is 8.05. The molecule has 1 fully saturated rings. The van der Waals surface area contributed by atoms with E-state index in [9.17, 15) is 4.79 Å². The highest BCUT2D eigenvalue weighted by molar-refractivity contribution is 5.90. The number of carbonyl (C=O) groups excluding carboxylic acids is 1. The third kappa shape index (κ3) is 4.76. The third-order valence-electron chi connectivity index (χ3n) is 3.89. The molecule has 1 aliphatic carbocycles. The van der Waals surface area contributed by atoms with Gasteiger partial charge in [0.2, 0.25) is 0 Å². The maximum Gasteiger partial charge on any atom is 0.259 e. The summed E-state index contributed by atoms with van der Waals surface area (Å²) in [6.45, 7) is 4.97. The molecule has 22 heavy (non-hydrogen) atoms. The van der Waals surface area contributed by atoms with Crippen LogP contribution in [0, 0.1) is 5.92 Å². The molecular formula is C17H25N3O2. The van der Waals surface area contributed by atoms with Gasteiger partial charge in [-0.2, -0.15) is 5.10 Å². The zero-order valence-corrected chi connectivity index (χ0v) is 13.4. The van der Waals surface area contributed by atoms with E-state index in [2.05, 4.69) is 22.8 Å². The maximum atomic E-state index is 11.8. The molecule has 1 aromatic rings. The van der Waals surface area contributed by atoms with Gasteiger partial charge in [0.1, 0.15) is 5.75 Å². The van der Waals surface area contributed by atoms with Crippen molar-refractivity contribution in [3.8, 4) is 5.75 Å². The van der Waals surface area contributed by atoms with Crippen molar-refractivity contribution in [3.63, 3.8) is 0 Å². The lowest BCUT2D eigenvalue weighted by molar-refractivity contribution is -0.119. The van der Waals surface area contributed by atoms with Crippen molar-refractivity contribution < 1.29 is 9.53 Å². The second kappa shape index (κ2) is 8.41. The average molecular weight is 303 g/mol. The van der Waals surface area contributed by atoms with Crippen LogP contribution in [-0.4, -0.2) is 24.8 Å². The van der Waals surface area contributed by atoms with Gasteiger partial charge in [-0.05, 0) is 62.8 Å². The molecule has 1 atom stereocenters. The van der Waals surface area contributed by atoms with Crippen LogP contribution in [-0.2, 0) is 4.79 Å². The summed E-state index contributed by atoms with van der Waals surface area (Å²) >= 11 is 0. The Hall–Kier alpha value is -2.04. The van der Waals surface area contributed by atoms with Crippen LogP contribution in [0.4, 0.5) is 5.69 Å². The van der Waals surface area contributed by atoms with E-state index in [-0.39, 0.29) is 12.5 Å². The SMILES string of the molecule is CCOc1ccc(NCC(=O)N/N=C2/CCC[C@H]2CC)cc1. The van der Waals surface area contributed by atoms with Crippen LogP contribution in [0.3, 0.4) is 0 Å². The molecule has 1 saturated carbocycles. The summed E-state index contributed by atoms with van der Waals surface area (Å²) in [4.78, 5) is 11.8. The molecule has 120 valence electrons. The zero-order valence-electron chi connectivity index (χ0n) is 13.4. The van der Waals surface area contributed by atoms with Gasteiger partial charge >= 0.3 is 0 Å². The molecule has 0 aromatic heterocycles. The maximum absolute atomic E-state index is 11.8. The van der Waals surface area contributed by atoms with E-state index in [1.54, 1.807) is 0 Å². The first-order chi connectivity index (χ1) is 10.7. The van der Waals surface area contributed by atoms with Crippen LogP contribution >= 0.6 is 0 Å². The number of nitrogens with zero attached hydrogens (tertiary/aromatic N) is 1. The second-order valence-corrected chi connectivity index (χ2v) is 5.45. The number of ether oxygens (including phenoxy) is 1. The van der Waals surface area contributed by atoms with E-state index in [4.69, 9.17) is 4.74 Å². The minimum absolute atomic E-state index is 0.122. The number of amides is 1. The first kappa shape index (κ1) is 16.3. The fourth-order valence-electron chi connectivity index (χ4n) is 2.68. The summed E-state index contributed by atoms with van der Waals surface area (Å²) in [5, 5.41) is 7.36. The van der Waals surface area contributed by atoms with Gasteiger partial charge in [0, 0.05) is 11.4 Å². The smallest absolute Gasteiger partial charge is 0.259 e. The predicted octanol–water partition coefficient (Wildman–Crippen LogP) is 3.18. The largest absolute Gasteiger partial charge is 0.494 e. The fraction of sp³-hybridized carbons (Fsp3) is 0.529. The Morgan fingerprint density at radius 2 is 2.09 bits per heavy atom. The number of benzene rings is 1. The van der Waals surface area contributed by atoms with Crippen molar-refractivity contribution in [2.45, 2.75) is 39.5 Å². The molecule has 0 radical (unpaired) electrons. The topological polar surface area (TPSA) is 62.7 Å². The predicted molar refractivity (Wildman–Crippen MR) is 89.3 cm³/mol. The van der Waals surface area contributed by atoms with Gasteiger partial charge in [-0.1, -0.05) is 6.92 Å². The molecule has 1 aliphatic rings. The standard InChI is InChI=1S/C17H25N3O2/c1-3-13-6-5-7-16(13)19-20-17(21)12-18-14-8-10-15(11-9-14)22-4-2/h8-11,13,18H,3-7,12H2,1-2H3,(H,20,21)/b19-16-/t13-/m1/s1. The summed E-state index contributed by atoms with van der Waals surface area (Å²) in [5.41, 5.74) is 4.68. The second-order valence-electron chi connectivity index (χ2n) is 5.45. The number of anilines is 1. The summed E-state index contributed by atoms with van der Waals surface area (Å²) in [5.74, 6) is 1.25. The molecular weight excluding hydrogens is 278 g/mol. The van der Waals surface area contributed by atoms with Gasteiger partial charge in [0.05, 0.1) is 13.2 Å². The molecule has 2 rings (SSSR count). The highest BCUT2D eigenvalue weighted by Crippen LogP contribution is 2.24. The van der Waals surface area contributed by atoms with Gasteiger partial charge in [0.25, 0.3) is 5.91 Å². The van der Waals surface area contributed by atoms with Crippen molar-refractivity contribution in [3.05, 3.63) is 24.3 Å². The molecule has 0 aliphatic heterocycles. The normalized spacial score (nSPS) is 19.2. The van der Waals surface area contributed by atoms with Gasteiger partial charge in [0.15, 0.2) is 0 Å². The lowest BCUT2D eigenvalue weighted by Crippen LogP contribution is -2.27. The average Bonchev–Trinajstić information content (AvgIpc) is 3.00. The number of hydrazone groups is 1. The van der Waals surface area contributed by atoms with Gasteiger partial charge < -0.3 is 10.1 Å². The zero-order chi connectivity index (χ0) is 15.8. The number of rotatable bonds is 7. The molecule has 0 saturated heterocycles. The number of hydrogen-bond donors (Lipinski definition) is 2. The van der Waals surface area contributed by atoms with Crippen molar-refractivity contribution in [1.82, 2.24) is 5.43 Å². The van der Waals surface area contributed by atoms with Crippen molar-refractivity contribution >= 4 is 17.3 Å². The summed E-state index contributed by atoms with van der Waals surface area (Å²) < 4.78 is 5.38. The quantitative estimate of drug-likeness (QED) is 0.760. The van der Waals surface area contributed by atoms with E-state index in [0.717, 1.165) is 30.0 Å². The highest BCUT2D eigenvalue weighted by atomic mass is 16.5. The Morgan fingerprint density at radius 1 is 1.32 bits per heavy atom. The molecule has 5 heteroatoms. The lowest BCUT2D eigenvalue weighted by Gasteiger charge is -2.09. The Bertz CT molecular complexity index is 511. The van der Waals surface area contributed by atoms with E-state index in [1.807, 2.05) is 31.2 Å². The Morgan fingerprint density at radius 3 is 2.77 bits per heavy atom. The monoisotopic (exact) mass is 303 g/mol. The number of nitrogens with one attached hydrogen (secondary N) is 2. The molecule has 0 bridgehead atoms. The fourth-order valence-corrected chi connectivity index (χ4v) is 2.68. The molecule has 1 amide bonds.